The second-order valence-corrected chi connectivity index (χ2v) is 10.3. The van der Waals surface area contributed by atoms with E-state index in [2.05, 4.69) is 18.8 Å². The van der Waals surface area contributed by atoms with Gasteiger partial charge in [-0.2, -0.15) is 0 Å². The van der Waals surface area contributed by atoms with E-state index in [4.69, 9.17) is 0 Å². The lowest BCUT2D eigenvalue weighted by atomic mass is 10.3. The normalized spacial score (nSPS) is 25.8. The lowest BCUT2D eigenvalue weighted by Crippen LogP contribution is -2.37. The molecule has 0 amide bonds. The van der Waals surface area contributed by atoms with Gasteiger partial charge >= 0.3 is 0 Å². The Kier molecular flexibility index (Phi) is 3.16. The predicted molar refractivity (Wildman–Crippen MR) is 66.3 cm³/mol. The molecule has 0 aromatic heterocycles. The topological polar surface area (TPSA) is 0 Å². The lowest BCUT2D eigenvalue weighted by Gasteiger charge is -2.36. The maximum atomic E-state index is 4.18. The van der Waals surface area contributed by atoms with Crippen molar-refractivity contribution >= 4 is 8.07 Å². The highest BCUT2D eigenvalue weighted by molar-refractivity contribution is 6.86. The van der Waals surface area contributed by atoms with E-state index in [9.17, 15) is 0 Å². The molecule has 0 aromatic carbocycles. The van der Waals surface area contributed by atoms with Crippen molar-refractivity contribution < 1.29 is 0 Å². The van der Waals surface area contributed by atoms with E-state index < -0.39 is 8.07 Å². The van der Waals surface area contributed by atoms with Crippen LogP contribution < -0.4 is 0 Å². The van der Waals surface area contributed by atoms with Crippen LogP contribution in [0.1, 0.15) is 51.4 Å². The zero-order valence-electron chi connectivity index (χ0n) is 9.60. The first-order valence-electron chi connectivity index (χ1n) is 6.41. The molecule has 0 unspecified atom stereocenters. The third-order valence-electron chi connectivity index (χ3n) is 4.91. The lowest BCUT2D eigenvalue weighted by molar-refractivity contribution is 0.758. The predicted octanol–water partition coefficient (Wildman–Crippen LogP) is 4.68. The van der Waals surface area contributed by atoms with Crippen LogP contribution in [0.25, 0.3) is 0 Å². The molecule has 2 rings (SSSR count). The second-order valence-electron chi connectivity index (χ2n) is 5.53. The van der Waals surface area contributed by atoms with Gasteiger partial charge in [0, 0.05) is 0 Å². The van der Waals surface area contributed by atoms with Gasteiger partial charge in [0.25, 0.3) is 0 Å². The molecule has 2 aliphatic carbocycles. The molecule has 0 saturated heterocycles. The summed E-state index contributed by atoms with van der Waals surface area (Å²) < 4.78 is 0. The molecule has 0 N–H and O–H groups in total. The maximum Gasteiger partial charge on any atom is 0.0801 e. The van der Waals surface area contributed by atoms with Gasteiger partial charge in [-0.1, -0.05) is 57.9 Å². The molecule has 14 heavy (non-hydrogen) atoms. The van der Waals surface area contributed by atoms with Gasteiger partial charge in [0.05, 0.1) is 8.07 Å². The molecule has 2 saturated carbocycles. The third-order valence-corrected chi connectivity index (χ3v) is 10.5. The number of hydrogen-bond acceptors (Lipinski definition) is 0. The molecule has 0 heterocycles. The summed E-state index contributed by atoms with van der Waals surface area (Å²) in [6, 6.07) is 0. The Morgan fingerprint density at radius 3 is 1.57 bits per heavy atom. The van der Waals surface area contributed by atoms with Crippen molar-refractivity contribution in [2.24, 2.45) is 0 Å². The van der Waals surface area contributed by atoms with Crippen molar-refractivity contribution in [1.82, 2.24) is 0 Å². The summed E-state index contributed by atoms with van der Waals surface area (Å²) >= 11 is 0. The quantitative estimate of drug-likeness (QED) is 0.591. The molecule has 0 nitrogen and oxygen atoms in total. The Hall–Kier alpha value is -0.0431. The molecular formula is C13H24Si. The van der Waals surface area contributed by atoms with E-state index in [0.29, 0.717) is 0 Å². The monoisotopic (exact) mass is 208 g/mol. The highest BCUT2D eigenvalue weighted by Crippen LogP contribution is 2.50. The van der Waals surface area contributed by atoms with Gasteiger partial charge in [0.15, 0.2) is 0 Å². The summed E-state index contributed by atoms with van der Waals surface area (Å²) in [5.41, 5.74) is 4.60. The maximum absolute atomic E-state index is 4.18. The van der Waals surface area contributed by atoms with Crippen molar-refractivity contribution in [3.8, 4) is 0 Å². The van der Waals surface area contributed by atoms with E-state index >= 15 is 0 Å². The van der Waals surface area contributed by atoms with Crippen LogP contribution in [0.3, 0.4) is 0 Å². The molecule has 0 atom stereocenters. The van der Waals surface area contributed by atoms with Crippen LogP contribution in [0, 0.1) is 0 Å². The zero-order valence-corrected chi connectivity index (χ0v) is 10.6. The summed E-state index contributed by atoms with van der Waals surface area (Å²) in [7, 11) is -1.09. The van der Waals surface area contributed by atoms with E-state index in [1.807, 2.05) is 0 Å². The van der Waals surface area contributed by atoms with Crippen LogP contribution in [-0.2, 0) is 0 Å². The van der Waals surface area contributed by atoms with Crippen LogP contribution in [0.5, 0.6) is 0 Å². The number of rotatable bonds is 3. The fourth-order valence-corrected chi connectivity index (χ4v) is 8.40. The van der Waals surface area contributed by atoms with Crippen molar-refractivity contribution in [1.29, 1.82) is 0 Å². The standard InChI is InChI=1S/C13H24Si/c1-3-14(2,12-8-4-5-9-12)13-10-6-7-11-13/h3,12-13H,1,4-11H2,2H3. The Labute approximate surface area is 89.8 Å². The first kappa shape index (κ1) is 10.5. The fraction of sp³-hybridized carbons (Fsp3) is 0.846. The van der Waals surface area contributed by atoms with Crippen molar-refractivity contribution in [2.75, 3.05) is 0 Å². The average molecular weight is 208 g/mol. The summed E-state index contributed by atoms with van der Waals surface area (Å²) in [5, 5.41) is 0. The minimum absolute atomic E-state index is 1.09. The molecule has 0 radical (unpaired) electrons. The molecule has 0 aromatic rings. The van der Waals surface area contributed by atoms with Crippen molar-refractivity contribution in [3.63, 3.8) is 0 Å². The molecule has 80 valence electrons. The van der Waals surface area contributed by atoms with E-state index in [0.717, 1.165) is 11.1 Å². The van der Waals surface area contributed by atoms with E-state index in [-0.39, 0.29) is 0 Å². The molecule has 2 fully saturated rings. The molecular weight excluding hydrogens is 184 g/mol. The zero-order chi connectivity index (χ0) is 10.0. The minimum Gasteiger partial charge on any atom is -0.107 e. The molecule has 1 heteroatoms. The first-order valence-corrected chi connectivity index (χ1v) is 9.14. The van der Waals surface area contributed by atoms with Crippen molar-refractivity contribution in [2.45, 2.75) is 69.0 Å². The van der Waals surface area contributed by atoms with E-state index in [1.165, 1.54) is 51.4 Å². The Balaban J connectivity index is 2.09. The van der Waals surface area contributed by atoms with Gasteiger partial charge in [-0.15, -0.1) is 12.3 Å². The minimum atomic E-state index is -1.09. The number of hydrogen-bond donors (Lipinski definition) is 0. The first-order chi connectivity index (χ1) is 6.77. The summed E-state index contributed by atoms with van der Waals surface area (Å²) in [6.07, 6.45) is 12.1. The van der Waals surface area contributed by atoms with Crippen LogP contribution in [0.2, 0.25) is 17.6 Å². The third kappa shape index (κ3) is 1.71. The SMILES string of the molecule is C=C[Si](C)(C1CCCC1)C1CCCC1. The molecule has 0 bridgehead atoms. The molecule has 2 aliphatic rings. The molecule has 0 spiro atoms. The van der Waals surface area contributed by atoms with Gasteiger partial charge < -0.3 is 0 Å². The highest BCUT2D eigenvalue weighted by atomic mass is 28.3. The van der Waals surface area contributed by atoms with Gasteiger partial charge in [0.1, 0.15) is 0 Å². The van der Waals surface area contributed by atoms with Crippen LogP contribution in [-0.4, -0.2) is 8.07 Å². The van der Waals surface area contributed by atoms with Crippen molar-refractivity contribution in [3.05, 3.63) is 12.3 Å². The Bertz CT molecular complexity index is 181. The van der Waals surface area contributed by atoms with Gasteiger partial charge in [0.2, 0.25) is 0 Å². The fourth-order valence-electron chi connectivity index (χ4n) is 3.76. The summed E-state index contributed by atoms with van der Waals surface area (Å²) in [4.78, 5) is 0. The van der Waals surface area contributed by atoms with Gasteiger partial charge in [-0.25, -0.2) is 0 Å². The average Bonchev–Trinajstić information content (AvgIpc) is 2.88. The van der Waals surface area contributed by atoms with Crippen LogP contribution >= 0.6 is 0 Å². The van der Waals surface area contributed by atoms with Crippen LogP contribution in [0.4, 0.5) is 0 Å². The summed E-state index contributed by atoms with van der Waals surface area (Å²) in [5.74, 6) is 0. The van der Waals surface area contributed by atoms with Crippen LogP contribution in [0.15, 0.2) is 12.3 Å². The van der Waals surface area contributed by atoms with Gasteiger partial charge in [-0.3, -0.25) is 0 Å². The Morgan fingerprint density at radius 1 is 0.929 bits per heavy atom. The second kappa shape index (κ2) is 4.22. The van der Waals surface area contributed by atoms with E-state index in [1.54, 1.807) is 0 Å². The van der Waals surface area contributed by atoms with Gasteiger partial charge in [-0.05, 0) is 11.1 Å². The highest BCUT2D eigenvalue weighted by Gasteiger charge is 2.42. The Morgan fingerprint density at radius 2 is 1.29 bits per heavy atom. The molecule has 0 aliphatic heterocycles. The summed E-state index contributed by atoms with van der Waals surface area (Å²) in [6.45, 7) is 6.80. The largest absolute Gasteiger partial charge is 0.107 e. The smallest absolute Gasteiger partial charge is 0.0801 e.